The molecular weight excluding hydrogens is 184 g/mol. The maximum Gasteiger partial charge on any atom is 0.327 e. The van der Waals surface area contributed by atoms with Gasteiger partial charge in [-0.1, -0.05) is 0 Å². The van der Waals surface area contributed by atoms with Gasteiger partial charge in [0.2, 0.25) is 0 Å². The summed E-state index contributed by atoms with van der Waals surface area (Å²) in [6.07, 6.45) is 0. The highest BCUT2D eigenvalue weighted by Gasteiger charge is 1.93. The zero-order valence-corrected chi connectivity index (χ0v) is 7.67. The van der Waals surface area contributed by atoms with E-state index >= 15 is 0 Å². The number of rotatable bonds is 4. The molecule has 0 fully saturated rings. The van der Waals surface area contributed by atoms with Gasteiger partial charge in [-0.3, -0.25) is 4.79 Å². The van der Waals surface area contributed by atoms with Crippen LogP contribution in [0.25, 0.3) is 0 Å². The summed E-state index contributed by atoms with van der Waals surface area (Å²) < 4.78 is 4.95. The molecule has 14 heavy (non-hydrogen) atoms. The van der Waals surface area contributed by atoms with Crippen LogP contribution in [0.3, 0.4) is 0 Å². The number of hydrogen-bond acceptors (Lipinski definition) is 4. The van der Waals surface area contributed by atoms with Crippen LogP contribution in [-0.4, -0.2) is 24.7 Å². The fraction of sp³-hybridized carbons (Fsp3) is 0.222. The monoisotopic (exact) mass is 194 g/mol. The standard InChI is InChI=1S/C9H10N2O3/c1-14-8-4-2-7(3-5-8)11-10-6-9(12)13/h2-5H,6H2,1H3,(H,12,13). The maximum atomic E-state index is 10.1. The number of aliphatic carboxylic acids is 1. The first kappa shape index (κ1) is 10.2. The van der Waals surface area contributed by atoms with Crippen molar-refractivity contribution in [3.8, 4) is 5.75 Å². The number of azo groups is 1. The summed E-state index contributed by atoms with van der Waals surface area (Å²) in [6.45, 7) is -0.313. The molecule has 1 aromatic rings. The molecule has 0 amide bonds. The molecule has 0 aliphatic rings. The predicted molar refractivity (Wildman–Crippen MR) is 50.0 cm³/mol. The van der Waals surface area contributed by atoms with Gasteiger partial charge >= 0.3 is 5.97 Å². The molecule has 5 nitrogen and oxygen atoms in total. The molecule has 0 unspecified atom stereocenters. The SMILES string of the molecule is COc1ccc(N=NCC(=O)O)cc1. The first-order valence-corrected chi connectivity index (χ1v) is 3.95. The average Bonchev–Trinajstić information content (AvgIpc) is 2.18. The van der Waals surface area contributed by atoms with Crippen molar-refractivity contribution in [3.63, 3.8) is 0 Å². The summed E-state index contributed by atoms with van der Waals surface area (Å²) in [5.74, 6) is -0.274. The van der Waals surface area contributed by atoms with Crippen molar-refractivity contribution in [3.05, 3.63) is 24.3 Å². The third-order valence-electron chi connectivity index (χ3n) is 1.46. The molecule has 0 aliphatic heterocycles. The minimum Gasteiger partial charge on any atom is -0.497 e. The van der Waals surface area contributed by atoms with Crippen molar-refractivity contribution >= 4 is 11.7 Å². The van der Waals surface area contributed by atoms with Crippen LogP contribution < -0.4 is 4.74 Å². The highest BCUT2D eigenvalue weighted by atomic mass is 16.5. The molecule has 1 N–H and O–H groups in total. The van der Waals surface area contributed by atoms with Gasteiger partial charge in [-0.15, -0.1) is 0 Å². The summed E-state index contributed by atoms with van der Waals surface area (Å²) in [5.41, 5.74) is 0.604. The molecule has 0 heterocycles. The van der Waals surface area contributed by atoms with Crippen LogP contribution in [0, 0.1) is 0 Å². The number of carbonyl (C=O) groups is 1. The Morgan fingerprint density at radius 2 is 2.07 bits per heavy atom. The predicted octanol–water partition coefficient (Wildman–Crippen LogP) is 1.86. The summed E-state index contributed by atoms with van der Waals surface area (Å²) in [4.78, 5) is 10.1. The minimum atomic E-state index is -0.998. The molecule has 0 aromatic heterocycles. The Bertz CT molecular complexity index is 332. The molecule has 0 saturated heterocycles. The highest BCUT2D eigenvalue weighted by Crippen LogP contribution is 2.17. The van der Waals surface area contributed by atoms with E-state index in [-0.39, 0.29) is 6.54 Å². The fourth-order valence-corrected chi connectivity index (χ4v) is 0.826. The molecule has 0 saturated carbocycles. The second kappa shape index (κ2) is 4.96. The fourth-order valence-electron chi connectivity index (χ4n) is 0.826. The summed E-state index contributed by atoms with van der Waals surface area (Å²) in [5, 5.41) is 15.5. The van der Waals surface area contributed by atoms with E-state index in [1.807, 2.05) is 0 Å². The van der Waals surface area contributed by atoms with Gasteiger partial charge in [0, 0.05) is 0 Å². The highest BCUT2D eigenvalue weighted by molar-refractivity contribution is 5.69. The van der Waals surface area contributed by atoms with Gasteiger partial charge in [-0.2, -0.15) is 10.2 Å². The third kappa shape index (κ3) is 3.22. The Hall–Kier alpha value is -1.91. The smallest absolute Gasteiger partial charge is 0.327 e. The van der Waals surface area contributed by atoms with Crippen LogP contribution in [0.1, 0.15) is 0 Å². The van der Waals surface area contributed by atoms with Crippen molar-refractivity contribution in [1.82, 2.24) is 0 Å². The van der Waals surface area contributed by atoms with Gasteiger partial charge in [-0.05, 0) is 24.3 Å². The molecule has 1 rings (SSSR count). The first-order chi connectivity index (χ1) is 6.72. The number of benzene rings is 1. The molecule has 1 aromatic carbocycles. The normalized spacial score (nSPS) is 10.4. The molecule has 0 atom stereocenters. The molecule has 5 heteroatoms. The van der Waals surface area contributed by atoms with Crippen LogP contribution in [0.2, 0.25) is 0 Å². The van der Waals surface area contributed by atoms with Gasteiger partial charge < -0.3 is 9.84 Å². The van der Waals surface area contributed by atoms with Crippen molar-refractivity contribution < 1.29 is 14.6 Å². The maximum absolute atomic E-state index is 10.1. The number of nitrogens with zero attached hydrogens (tertiary/aromatic N) is 2. The zero-order valence-electron chi connectivity index (χ0n) is 7.67. The topological polar surface area (TPSA) is 71.2 Å². The molecule has 0 spiro atoms. The van der Waals surface area contributed by atoms with Crippen LogP contribution in [-0.2, 0) is 4.79 Å². The summed E-state index contributed by atoms with van der Waals surface area (Å²) >= 11 is 0. The first-order valence-electron chi connectivity index (χ1n) is 3.95. The third-order valence-corrected chi connectivity index (χ3v) is 1.46. The Labute approximate surface area is 81.0 Å². The largest absolute Gasteiger partial charge is 0.497 e. The van der Waals surface area contributed by atoms with E-state index in [9.17, 15) is 4.79 Å². The van der Waals surface area contributed by atoms with Gasteiger partial charge in [0.1, 0.15) is 5.75 Å². The van der Waals surface area contributed by atoms with Crippen molar-refractivity contribution in [2.24, 2.45) is 10.2 Å². The van der Waals surface area contributed by atoms with Crippen molar-refractivity contribution in [2.45, 2.75) is 0 Å². The van der Waals surface area contributed by atoms with E-state index in [4.69, 9.17) is 9.84 Å². The Morgan fingerprint density at radius 3 is 2.57 bits per heavy atom. The van der Waals surface area contributed by atoms with Crippen molar-refractivity contribution in [2.75, 3.05) is 13.7 Å². The zero-order chi connectivity index (χ0) is 10.4. The Balaban J connectivity index is 2.59. The van der Waals surface area contributed by atoms with Gasteiger partial charge in [0.15, 0.2) is 6.54 Å². The molecule has 0 bridgehead atoms. The number of hydrogen-bond donors (Lipinski definition) is 1. The number of methoxy groups -OCH3 is 1. The van der Waals surface area contributed by atoms with Crippen LogP contribution >= 0.6 is 0 Å². The van der Waals surface area contributed by atoms with Crippen LogP contribution in [0.4, 0.5) is 5.69 Å². The van der Waals surface area contributed by atoms with E-state index in [1.165, 1.54) is 0 Å². The van der Waals surface area contributed by atoms with E-state index in [2.05, 4.69) is 10.2 Å². The lowest BCUT2D eigenvalue weighted by Crippen LogP contribution is -1.97. The van der Waals surface area contributed by atoms with E-state index in [0.29, 0.717) is 5.69 Å². The van der Waals surface area contributed by atoms with Crippen LogP contribution in [0.15, 0.2) is 34.5 Å². The molecular formula is C9H10N2O3. The van der Waals surface area contributed by atoms with E-state index in [0.717, 1.165) is 5.75 Å². The van der Waals surface area contributed by atoms with Crippen molar-refractivity contribution in [1.29, 1.82) is 0 Å². The van der Waals surface area contributed by atoms with Gasteiger partial charge in [0.25, 0.3) is 0 Å². The average molecular weight is 194 g/mol. The van der Waals surface area contributed by atoms with E-state index < -0.39 is 5.97 Å². The molecule has 0 aliphatic carbocycles. The number of carboxylic acid groups (broad SMARTS) is 1. The second-order valence-corrected chi connectivity index (χ2v) is 2.49. The molecule has 0 radical (unpaired) electrons. The summed E-state index contributed by atoms with van der Waals surface area (Å²) in [6, 6.07) is 6.86. The lowest BCUT2D eigenvalue weighted by molar-refractivity contribution is -0.135. The lowest BCUT2D eigenvalue weighted by atomic mass is 10.3. The summed E-state index contributed by atoms with van der Waals surface area (Å²) in [7, 11) is 1.57. The Kier molecular flexibility index (Phi) is 3.60. The van der Waals surface area contributed by atoms with Gasteiger partial charge in [0.05, 0.1) is 12.8 Å². The number of ether oxygens (including phenoxy) is 1. The minimum absolute atomic E-state index is 0.313. The quantitative estimate of drug-likeness (QED) is 0.743. The number of carboxylic acids is 1. The molecule has 74 valence electrons. The second-order valence-electron chi connectivity index (χ2n) is 2.49. The van der Waals surface area contributed by atoms with Crippen LogP contribution in [0.5, 0.6) is 5.75 Å². The lowest BCUT2D eigenvalue weighted by Gasteiger charge is -1.97. The van der Waals surface area contributed by atoms with Gasteiger partial charge in [-0.25, -0.2) is 0 Å². The van der Waals surface area contributed by atoms with E-state index in [1.54, 1.807) is 31.4 Å². The Morgan fingerprint density at radius 1 is 1.43 bits per heavy atom.